The van der Waals surface area contributed by atoms with Crippen molar-refractivity contribution in [3.8, 4) is 0 Å². The first-order valence-electron chi connectivity index (χ1n) is 7.93. The minimum atomic E-state index is 0. The minimum Gasteiger partial charge on any atom is -0.339 e. The van der Waals surface area contributed by atoms with Crippen LogP contribution in [0.4, 0.5) is 0 Å². The number of carbonyl (C=O) groups excluding carboxylic acids is 1. The summed E-state index contributed by atoms with van der Waals surface area (Å²) < 4.78 is 0. The summed E-state index contributed by atoms with van der Waals surface area (Å²) in [6.07, 6.45) is 7.51. The Hall–Kier alpha value is -0.320. The van der Waals surface area contributed by atoms with Gasteiger partial charge in [-0.05, 0) is 33.2 Å². The highest BCUT2D eigenvalue weighted by Gasteiger charge is 2.28. The molecule has 0 spiro atoms. The molecule has 2 fully saturated rings. The number of nitrogens with one attached hydrogen (secondary N) is 1. The summed E-state index contributed by atoms with van der Waals surface area (Å²) in [6, 6.07) is 1.08. The highest BCUT2D eigenvalue weighted by Crippen LogP contribution is 2.23. The van der Waals surface area contributed by atoms with Crippen LogP contribution in [0.3, 0.4) is 0 Å². The van der Waals surface area contributed by atoms with E-state index in [1.54, 1.807) is 0 Å². The first-order chi connectivity index (χ1) is 9.24. The van der Waals surface area contributed by atoms with E-state index in [2.05, 4.69) is 22.0 Å². The number of hydrogen-bond donors (Lipinski definition) is 1. The molecule has 4 nitrogen and oxygen atoms in total. The molecular weight excluding hydrogens is 274 g/mol. The van der Waals surface area contributed by atoms with E-state index < -0.39 is 0 Å². The smallest absolute Gasteiger partial charge is 0.236 e. The van der Waals surface area contributed by atoms with Crippen LogP contribution in [0.15, 0.2) is 0 Å². The molecule has 0 bridgehead atoms. The fourth-order valence-corrected chi connectivity index (χ4v) is 3.52. The lowest BCUT2D eigenvalue weighted by Gasteiger charge is -2.34. The van der Waals surface area contributed by atoms with Crippen LogP contribution in [0.2, 0.25) is 0 Å². The van der Waals surface area contributed by atoms with E-state index in [-0.39, 0.29) is 12.4 Å². The third-order valence-corrected chi connectivity index (χ3v) is 4.72. The van der Waals surface area contributed by atoms with Gasteiger partial charge >= 0.3 is 0 Å². The molecular formula is C15H30ClN3O. The van der Waals surface area contributed by atoms with E-state index in [1.165, 1.54) is 38.5 Å². The van der Waals surface area contributed by atoms with Crippen LogP contribution in [0.1, 0.15) is 45.4 Å². The summed E-state index contributed by atoms with van der Waals surface area (Å²) in [7, 11) is 2.01. The quantitative estimate of drug-likeness (QED) is 0.842. The van der Waals surface area contributed by atoms with E-state index in [4.69, 9.17) is 0 Å². The van der Waals surface area contributed by atoms with Crippen LogP contribution in [0.5, 0.6) is 0 Å². The molecule has 0 aromatic heterocycles. The van der Waals surface area contributed by atoms with Crippen molar-refractivity contribution in [2.75, 3.05) is 33.2 Å². The van der Waals surface area contributed by atoms with Crippen LogP contribution < -0.4 is 5.32 Å². The Morgan fingerprint density at radius 3 is 2.50 bits per heavy atom. The Kier molecular flexibility index (Phi) is 7.85. The molecule has 1 aliphatic carbocycles. The minimum absolute atomic E-state index is 0. The Morgan fingerprint density at radius 1 is 1.25 bits per heavy atom. The van der Waals surface area contributed by atoms with Crippen molar-refractivity contribution in [2.24, 2.45) is 0 Å². The SMILES string of the molecule is CCN(C(=O)CN1CCC(NC)C1)C1CCCCC1.Cl. The van der Waals surface area contributed by atoms with E-state index in [0.29, 0.717) is 24.5 Å². The average molecular weight is 304 g/mol. The molecule has 1 saturated carbocycles. The van der Waals surface area contributed by atoms with Gasteiger partial charge in [-0.3, -0.25) is 9.69 Å². The van der Waals surface area contributed by atoms with Crippen molar-refractivity contribution >= 4 is 18.3 Å². The maximum absolute atomic E-state index is 12.5. The van der Waals surface area contributed by atoms with E-state index >= 15 is 0 Å². The van der Waals surface area contributed by atoms with Crippen LogP contribution >= 0.6 is 12.4 Å². The Morgan fingerprint density at radius 2 is 1.95 bits per heavy atom. The summed E-state index contributed by atoms with van der Waals surface area (Å²) in [4.78, 5) is 16.9. The van der Waals surface area contributed by atoms with Crippen molar-refractivity contribution in [1.29, 1.82) is 0 Å². The zero-order valence-electron chi connectivity index (χ0n) is 12.9. The van der Waals surface area contributed by atoms with Gasteiger partial charge in [-0.25, -0.2) is 0 Å². The van der Waals surface area contributed by atoms with Crippen LogP contribution in [0, 0.1) is 0 Å². The average Bonchev–Trinajstić information content (AvgIpc) is 2.88. The Bertz CT molecular complexity index is 295. The molecule has 1 amide bonds. The van der Waals surface area contributed by atoms with E-state index in [0.717, 1.165) is 19.6 Å². The highest BCUT2D eigenvalue weighted by molar-refractivity contribution is 5.85. The summed E-state index contributed by atoms with van der Waals surface area (Å²) in [5.41, 5.74) is 0. The van der Waals surface area contributed by atoms with Crippen molar-refractivity contribution in [3.63, 3.8) is 0 Å². The number of likely N-dealkylation sites (tertiary alicyclic amines) is 1. The molecule has 2 aliphatic rings. The van der Waals surface area contributed by atoms with Gasteiger partial charge in [0.05, 0.1) is 6.54 Å². The molecule has 1 aliphatic heterocycles. The predicted octanol–water partition coefficient (Wildman–Crippen LogP) is 1.88. The summed E-state index contributed by atoms with van der Waals surface area (Å²) in [5.74, 6) is 0.339. The number of carbonyl (C=O) groups is 1. The van der Waals surface area contributed by atoms with Gasteiger partial charge in [0.1, 0.15) is 0 Å². The molecule has 1 unspecified atom stereocenters. The molecule has 1 heterocycles. The van der Waals surface area contributed by atoms with Crippen LogP contribution in [-0.4, -0.2) is 61.0 Å². The topological polar surface area (TPSA) is 35.6 Å². The zero-order chi connectivity index (χ0) is 13.7. The van der Waals surface area contributed by atoms with E-state index in [1.807, 2.05) is 7.05 Å². The normalized spacial score (nSPS) is 24.4. The fourth-order valence-electron chi connectivity index (χ4n) is 3.52. The molecule has 1 saturated heterocycles. The highest BCUT2D eigenvalue weighted by atomic mass is 35.5. The van der Waals surface area contributed by atoms with Crippen molar-refractivity contribution in [3.05, 3.63) is 0 Å². The predicted molar refractivity (Wildman–Crippen MR) is 85.4 cm³/mol. The standard InChI is InChI=1S/C15H29N3O.ClH/c1-3-18(14-7-5-4-6-8-14)15(19)12-17-10-9-13(11-17)16-2;/h13-14,16H,3-12H2,1-2H3;1H. The molecule has 1 atom stereocenters. The summed E-state index contributed by atoms with van der Waals surface area (Å²) in [5, 5.41) is 3.31. The second kappa shape index (κ2) is 8.85. The van der Waals surface area contributed by atoms with Gasteiger partial charge in [0.25, 0.3) is 0 Å². The molecule has 20 heavy (non-hydrogen) atoms. The van der Waals surface area contributed by atoms with Gasteiger partial charge in [0.15, 0.2) is 0 Å². The Labute approximate surface area is 129 Å². The molecule has 0 aromatic rings. The van der Waals surface area contributed by atoms with Crippen LogP contribution in [-0.2, 0) is 4.79 Å². The first kappa shape index (κ1) is 17.7. The van der Waals surface area contributed by atoms with Gasteiger partial charge in [0.2, 0.25) is 5.91 Å². The van der Waals surface area contributed by atoms with Crippen molar-refractivity contribution in [1.82, 2.24) is 15.1 Å². The molecule has 5 heteroatoms. The lowest BCUT2D eigenvalue weighted by molar-refractivity contribution is -0.135. The van der Waals surface area contributed by atoms with Gasteiger partial charge < -0.3 is 10.2 Å². The number of amides is 1. The van der Waals surface area contributed by atoms with Gasteiger partial charge in [-0.1, -0.05) is 19.3 Å². The lowest BCUT2D eigenvalue weighted by atomic mass is 9.94. The second-order valence-electron chi connectivity index (χ2n) is 5.98. The van der Waals surface area contributed by atoms with Crippen LogP contribution in [0.25, 0.3) is 0 Å². The number of rotatable bonds is 5. The molecule has 118 valence electrons. The number of hydrogen-bond acceptors (Lipinski definition) is 3. The lowest BCUT2D eigenvalue weighted by Crippen LogP contribution is -2.46. The largest absolute Gasteiger partial charge is 0.339 e. The zero-order valence-corrected chi connectivity index (χ0v) is 13.8. The van der Waals surface area contributed by atoms with Crippen molar-refractivity contribution < 1.29 is 4.79 Å². The maximum Gasteiger partial charge on any atom is 0.236 e. The molecule has 2 rings (SSSR count). The maximum atomic E-state index is 12.5. The summed E-state index contributed by atoms with van der Waals surface area (Å²) >= 11 is 0. The molecule has 0 aromatic carbocycles. The van der Waals surface area contributed by atoms with Gasteiger partial charge in [0, 0.05) is 31.7 Å². The number of halogens is 1. The first-order valence-corrected chi connectivity index (χ1v) is 7.93. The van der Waals surface area contributed by atoms with Gasteiger partial charge in [-0.2, -0.15) is 0 Å². The molecule has 1 N–H and O–H groups in total. The fraction of sp³-hybridized carbons (Fsp3) is 0.933. The van der Waals surface area contributed by atoms with Crippen molar-refractivity contribution in [2.45, 2.75) is 57.5 Å². The third kappa shape index (κ3) is 4.61. The third-order valence-electron chi connectivity index (χ3n) is 4.72. The van der Waals surface area contributed by atoms with Gasteiger partial charge in [-0.15, -0.1) is 12.4 Å². The molecule has 0 radical (unpaired) electrons. The summed E-state index contributed by atoms with van der Waals surface area (Å²) in [6.45, 7) is 5.67. The monoisotopic (exact) mass is 303 g/mol. The number of nitrogens with zero attached hydrogens (tertiary/aromatic N) is 2. The second-order valence-corrected chi connectivity index (χ2v) is 5.98. The Balaban J connectivity index is 0.00000200. The van der Waals surface area contributed by atoms with E-state index in [9.17, 15) is 4.79 Å². The number of likely N-dealkylation sites (N-methyl/N-ethyl adjacent to an activating group) is 2.